The summed E-state index contributed by atoms with van der Waals surface area (Å²) >= 11 is 0. The second-order valence-corrected chi connectivity index (χ2v) is 8.86. The molecule has 180 valence electrons. The number of anilines is 1. The first-order chi connectivity index (χ1) is 16.8. The number of nitrogens with zero attached hydrogens (tertiary/aromatic N) is 4. The van der Waals surface area contributed by atoms with Gasteiger partial charge in [-0.2, -0.15) is 0 Å². The van der Waals surface area contributed by atoms with Crippen LogP contribution in [-0.4, -0.2) is 34.1 Å². The van der Waals surface area contributed by atoms with Crippen molar-refractivity contribution < 1.29 is 17.9 Å². The molecule has 2 aromatic heterocycles. The Hall–Kier alpha value is -3.81. The molecular weight excluding hydrogens is 453 g/mol. The quantitative estimate of drug-likeness (QED) is 0.345. The molecule has 4 aromatic rings. The molecule has 0 aliphatic carbocycles. The zero-order valence-electron chi connectivity index (χ0n) is 19.7. The molecule has 0 bridgehead atoms. The minimum absolute atomic E-state index is 0.367. The lowest BCUT2D eigenvalue weighted by Crippen LogP contribution is -2.45. The van der Waals surface area contributed by atoms with E-state index in [4.69, 9.17) is 4.74 Å². The fourth-order valence-electron chi connectivity index (χ4n) is 4.67. The smallest absolute Gasteiger partial charge is 0.269 e. The summed E-state index contributed by atoms with van der Waals surface area (Å²) < 4.78 is 51.0. The Labute approximate surface area is 201 Å². The van der Waals surface area contributed by atoms with E-state index in [9.17, 15) is 4.39 Å². The normalized spacial score (nSPS) is 15.5. The first kappa shape index (κ1) is 23.0. The van der Waals surface area contributed by atoms with Gasteiger partial charge in [0.05, 0.1) is 37.4 Å². The van der Waals surface area contributed by atoms with Gasteiger partial charge in [-0.25, -0.2) is 23.1 Å². The maximum absolute atomic E-state index is 15.0. The number of ether oxygens (including phenoxy) is 1. The molecule has 0 N–H and O–H groups in total. The molecule has 0 spiro atoms. The Morgan fingerprint density at radius 3 is 2.51 bits per heavy atom. The van der Waals surface area contributed by atoms with Crippen LogP contribution in [0.15, 0.2) is 67.3 Å². The average Bonchev–Trinajstić information content (AvgIpc) is 3.28. The van der Waals surface area contributed by atoms with Gasteiger partial charge in [0, 0.05) is 24.4 Å². The Kier molecular flexibility index (Phi) is 5.75. The van der Waals surface area contributed by atoms with Crippen LogP contribution in [0.25, 0.3) is 16.8 Å². The average molecular weight is 479 g/mol. The fourth-order valence-corrected chi connectivity index (χ4v) is 4.67. The zero-order chi connectivity index (χ0) is 24.7. The summed E-state index contributed by atoms with van der Waals surface area (Å²) in [6, 6.07) is 12.9. The first-order valence-electron chi connectivity index (χ1n) is 11.3. The van der Waals surface area contributed by atoms with Gasteiger partial charge in [0.2, 0.25) is 0 Å². The van der Waals surface area contributed by atoms with Crippen molar-refractivity contribution in [3.05, 3.63) is 89.9 Å². The monoisotopic (exact) mass is 478 g/mol. The standard InChI is InChI=1S/C27H25F3N4O/c1-17-14-33(16-32-17)24-9-6-20(12-25(24)35-3)22-10-11-31-26-23(22)13-27(29,30)15-34(26)18(2)19-4-7-21(28)8-5-19/h4-12,14,16,18H,13,15H2,1-3H3. The maximum atomic E-state index is 15.0. The summed E-state index contributed by atoms with van der Waals surface area (Å²) in [5.74, 6) is -2.20. The third-order valence-electron chi connectivity index (χ3n) is 6.44. The van der Waals surface area contributed by atoms with Crippen LogP contribution in [0.5, 0.6) is 5.75 Å². The summed E-state index contributed by atoms with van der Waals surface area (Å²) in [5, 5.41) is 0. The molecular formula is C27H25F3N4O. The lowest BCUT2D eigenvalue weighted by Gasteiger charge is -2.39. The number of alkyl halides is 2. The lowest BCUT2D eigenvalue weighted by atomic mass is 9.91. The molecule has 1 aliphatic rings. The molecule has 0 saturated carbocycles. The molecule has 5 nitrogen and oxygen atoms in total. The van der Waals surface area contributed by atoms with E-state index < -0.39 is 24.9 Å². The van der Waals surface area contributed by atoms with Crippen LogP contribution < -0.4 is 9.64 Å². The van der Waals surface area contributed by atoms with Crippen LogP contribution >= 0.6 is 0 Å². The van der Waals surface area contributed by atoms with Crippen LogP contribution in [-0.2, 0) is 6.42 Å². The van der Waals surface area contributed by atoms with E-state index in [0.29, 0.717) is 22.7 Å². The predicted molar refractivity (Wildman–Crippen MR) is 129 cm³/mol. The molecule has 0 radical (unpaired) electrons. The van der Waals surface area contributed by atoms with Gasteiger partial charge in [-0.15, -0.1) is 0 Å². The molecule has 1 aliphatic heterocycles. The molecule has 3 heterocycles. The van der Waals surface area contributed by atoms with E-state index in [-0.39, 0.29) is 5.82 Å². The Morgan fingerprint density at radius 2 is 1.83 bits per heavy atom. The van der Waals surface area contributed by atoms with Crippen molar-refractivity contribution in [1.82, 2.24) is 14.5 Å². The highest BCUT2D eigenvalue weighted by molar-refractivity contribution is 5.76. The number of hydrogen-bond acceptors (Lipinski definition) is 4. The lowest BCUT2D eigenvalue weighted by molar-refractivity contribution is 0.00335. The Bertz CT molecular complexity index is 1370. The largest absolute Gasteiger partial charge is 0.495 e. The van der Waals surface area contributed by atoms with Gasteiger partial charge in [0.25, 0.3) is 5.92 Å². The molecule has 2 aromatic carbocycles. The van der Waals surface area contributed by atoms with Crippen LogP contribution in [0.3, 0.4) is 0 Å². The second kappa shape index (κ2) is 8.76. The third-order valence-corrected chi connectivity index (χ3v) is 6.44. The van der Waals surface area contributed by atoms with Crippen molar-refractivity contribution in [3.8, 4) is 22.6 Å². The van der Waals surface area contributed by atoms with Crippen molar-refractivity contribution in [2.75, 3.05) is 18.6 Å². The molecule has 0 amide bonds. The number of rotatable bonds is 5. The fraction of sp³-hybridized carbons (Fsp3) is 0.259. The number of aromatic nitrogens is 3. The van der Waals surface area contributed by atoms with Gasteiger partial charge in [0.15, 0.2) is 0 Å². The van der Waals surface area contributed by atoms with Crippen LogP contribution in [0, 0.1) is 12.7 Å². The van der Waals surface area contributed by atoms with E-state index >= 15 is 8.78 Å². The topological polar surface area (TPSA) is 43.2 Å². The number of fused-ring (bicyclic) bond motifs is 1. The highest BCUT2D eigenvalue weighted by Gasteiger charge is 2.42. The van der Waals surface area contributed by atoms with Crippen molar-refractivity contribution in [1.29, 1.82) is 0 Å². The summed E-state index contributed by atoms with van der Waals surface area (Å²) in [7, 11) is 1.58. The number of pyridine rings is 1. The Balaban J connectivity index is 1.59. The molecule has 1 atom stereocenters. The minimum atomic E-state index is -2.95. The third kappa shape index (κ3) is 4.36. The second-order valence-electron chi connectivity index (χ2n) is 8.86. The highest BCUT2D eigenvalue weighted by atomic mass is 19.3. The summed E-state index contributed by atoms with van der Waals surface area (Å²) in [4.78, 5) is 10.4. The van der Waals surface area contributed by atoms with Crippen LogP contribution in [0.1, 0.15) is 29.8 Å². The van der Waals surface area contributed by atoms with Gasteiger partial charge in [-0.3, -0.25) is 0 Å². The number of hydrogen-bond donors (Lipinski definition) is 0. The molecule has 8 heteroatoms. The molecule has 5 rings (SSSR count). The zero-order valence-corrected chi connectivity index (χ0v) is 19.7. The molecule has 35 heavy (non-hydrogen) atoms. The predicted octanol–water partition coefficient (Wildman–Crippen LogP) is 6.15. The maximum Gasteiger partial charge on any atom is 0.269 e. The highest BCUT2D eigenvalue weighted by Crippen LogP contribution is 2.43. The van der Waals surface area contributed by atoms with Crippen molar-refractivity contribution in [3.63, 3.8) is 0 Å². The Morgan fingerprint density at radius 1 is 1.06 bits per heavy atom. The first-order valence-corrected chi connectivity index (χ1v) is 11.3. The molecule has 0 saturated heterocycles. The number of halogens is 3. The number of benzene rings is 2. The van der Waals surface area contributed by atoms with Crippen LogP contribution in [0.2, 0.25) is 0 Å². The summed E-state index contributed by atoms with van der Waals surface area (Å²) in [6.07, 6.45) is 4.82. The number of imidazole rings is 1. The number of methoxy groups -OCH3 is 1. The van der Waals surface area contributed by atoms with Crippen LogP contribution in [0.4, 0.5) is 19.0 Å². The van der Waals surface area contributed by atoms with Crippen molar-refractivity contribution >= 4 is 5.82 Å². The van der Waals surface area contributed by atoms with Gasteiger partial charge in [-0.1, -0.05) is 18.2 Å². The minimum Gasteiger partial charge on any atom is -0.495 e. The summed E-state index contributed by atoms with van der Waals surface area (Å²) in [6.45, 7) is 3.27. The SMILES string of the molecule is COc1cc(-c2ccnc3c2CC(F)(F)CN3C(C)c2ccc(F)cc2)ccc1-n1cnc(C)c1. The van der Waals surface area contributed by atoms with E-state index in [2.05, 4.69) is 9.97 Å². The van der Waals surface area contributed by atoms with E-state index in [1.165, 1.54) is 12.1 Å². The summed E-state index contributed by atoms with van der Waals surface area (Å²) in [5.41, 5.74) is 4.33. The van der Waals surface area contributed by atoms with Gasteiger partial charge < -0.3 is 14.2 Å². The number of aryl methyl sites for hydroxylation is 1. The molecule has 1 unspecified atom stereocenters. The molecule has 0 fully saturated rings. The van der Waals surface area contributed by atoms with Gasteiger partial charge in [0.1, 0.15) is 17.4 Å². The van der Waals surface area contributed by atoms with E-state index in [1.54, 1.807) is 42.7 Å². The van der Waals surface area contributed by atoms with Gasteiger partial charge in [-0.05, 0) is 60.9 Å². The van der Waals surface area contributed by atoms with E-state index in [0.717, 1.165) is 22.5 Å². The van der Waals surface area contributed by atoms with Crippen molar-refractivity contribution in [2.24, 2.45) is 0 Å². The van der Waals surface area contributed by atoms with Gasteiger partial charge >= 0.3 is 0 Å². The van der Waals surface area contributed by atoms with Crippen molar-refractivity contribution in [2.45, 2.75) is 32.2 Å². The van der Waals surface area contributed by atoms with E-state index in [1.807, 2.05) is 42.8 Å².